The Morgan fingerprint density at radius 3 is 2.35 bits per heavy atom. The van der Waals surface area contributed by atoms with Gasteiger partial charge in [0.25, 0.3) is 5.91 Å². The minimum Gasteiger partial charge on any atom is -0.338 e. The summed E-state index contributed by atoms with van der Waals surface area (Å²) in [5.41, 5.74) is 3.10. The number of hydrazine groups is 1. The summed E-state index contributed by atoms with van der Waals surface area (Å²) in [5, 5.41) is 15.7. The van der Waals surface area contributed by atoms with Crippen LogP contribution in [0.1, 0.15) is 21.7 Å². The van der Waals surface area contributed by atoms with Crippen LogP contribution in [0.5, 0.6) is 0 Å². The Hall–Kier alpha value is -3.59. The molecule has 0 unspecified atom stereocenters. The van der Waals surface area contributed by atoms with Crippen molar-refractivity contribution in [2.24, 2.45) is 0 Å². The molecule has 1 aliphatic heterocycles. The molecule has 0 atom stereocenters. The molecular formula is C22H25N7O2. The Kier molecular flexibility index (Phi) is 6.03. The van der Waals surface area contributed by atoms with E-state index in [1.807, 2.05) is 48.0 Å². The number of hydrogen-bond acceptors (Lipinski definition) is 6. The Labute approximate surface area is 180 Å². The maximum Gasteiger partial charge on any atom is 0.272 e. The van der Waals surface area contributed by atoms with E-state index in [0.717, 1.165) is 11.4 Å². The smallest absolute Gasteiger partial charge is 0.272 e. The molecule has 1 aliphatic rings. The van der Waals surface area contributed by atoms with Crippen LogP contribution in [0.2, 0.25) is 0 Å². The fraction of sp³-hybridized carbons (Fsp3) is 0.318. The van der Waals surface area contributed by atoms with E-state index in [-0.39, 0.29) is 18.4 Å². The molecule has 0 spiro atoms. The molecule has 9 heteroatoms. The lowest BCUT2D eigenvalue weighted by Crippen LogP contribution is -2.57. The fourth-order valence-electron chi connectivity index (χ4n) is 3.73. The summed E-state index contributed by atoms with van der Waals surface area (Å²) in [6.07, 6.45) is 3.13. The minimum absolute atomic E-state index is 0.0253. The van der Waals surface area contributed by atoms with E-state index < -0.39 is 0 Å². The number of hydrogen-bond donors (Lipinski definition) is 0. The Bertz CT molecular complexity index is 1040. The van der Waals surface area contributed by atoms with Gasteiger partial charge in [-0.1, -0.05) is 18.2 Å². The minimum atomic E-state index is -0.143. The van der Waals surface area contributed by atoms with E-state index in [9.17, 15) is 9.59 Å². The van der Waals surface area contributed by atoms with E-state index in [1.54, 1.807) is 40.3 Å². The van der Waals surface area contributed by atoms with E-state index in [1.165, 1.54) is 0 Å². The van der Waals surface area contributed by atoms with Crippen molar-refractivity contribution >= 4 is 17.5 Å². The molecule has 1 saturated heterocycles. The van der Waals surface area contributed by atoms with Crippen LogP contribution < -0.4 is 5.01 Å². The van der Waals surface area contributed by atoms with Gasteiger partial charge in [0.2, 0.25) is 5.91 Å². The second kappa shape index (κ2) is 9.05. The quantitative estimate of drug-likeness (QED) is 0.626. The molecule has 0 bridgehead atoms. The number of carbonyl (C=O) groups is 2. The largest absolute Gasteiger partial charge is 0.338 e. The number of nitrogens with zero attached hydrogens (tertiary/aromatic N) is 7. The highest BCUT2D eigenvalue weighted by Gasteiger charge is 2.30. The first kappa shape index (κ1) is 20.7. The van der Waals surface area contributed by atoms with E-state index in [4.69, 9.17) is 0 Å². The van der Waals surface area contributed by atoms with Gasteiger partial charge >= 0.3 is 0 Å². The summed E-state index contributed by atoms with van der Waals surface area (Å²) >= 11 is 0. The summed E-state index contributed by atoms with van der Waals surface area (Å²) in [7, 11) is 0. The molecule has 9 nitrogen and oxygen atoms in total. The summed E-state index contributed by atoms with van der Waals surface area (Å²) in [6, 6.07) is 12.9. The van der Waals surface area contributed by atoms with Gasteiger partial charge in [0.1, 0.15) is 6.54 Å². The molecule has 2 aromatic heterocycles. The summed E-state index contributed by atoms with van der Waals surface area (Å²) in [4.78, 5) is 27.9. The van der Waals surface area contributed by atoms with Gasteiger partial charge in [-0.25, -0.2) is 10.0 Å². The zero-order valence-electron chi connectivity index (χ0n) is 17.7. The molecule has 0 aliphatic carbocycles. The SMILES string of the molecule is Cc1cc(C)n(CC(=O)N2CCN(N(C(=O)c3ccccc3)c3ccnnc3)CC2)n1. The molecule has 0 saturated carbocycles. The second-order valence-electron chi connectivity index (χ2n) is 7.50. The maximum absolute atomic E-state index is 13.3. The lowest BCUT2D eigenvalue weighted by Gasteiger charge is -2.40. The number of anilines is 1. The Balaban J connectivity index is 1.47. The second-order valence-corrected chi connectivity index (χ2v) is 7.50. The highest BCUT2D eigenvalue weighted by Crippen LogP contribution is 2.20. The summed E-state index contributed by atoms with van der Waals surface area (Å²) in [6.45, 7) is 6.19. The topological polar surface area (TPSA) is 87.5 Å². The van der Waals surface area contributed by atoms with Crippen molar-refractivity contribution in [3.8, 4) is 0 Å². The lowest BCUT2D eigenvalue weighted by atomic mass is 10.2. The molecule has 0 radical (unpaired) electrons. The lowest BCUT2D eigenvalue weighted by molar-refractivity contribution is -0.133. The molecule has 2 amide bonds. The number of piperazine rings is 1. The van der Waals surface area contributed by atoms with Crippen molar-refractivity contribution in [2.45, 2.75) is 20.4 Å². The van der Waals surface area contributed by atoms with Crippen molar-refractivity contribution in [3.05, 3.63) is 71.8 Å². The molecule has 1 aromatic carbocycles. The van der Waals surface area contributed by atoms with Crippen LogP contribution in [0, 0.1) is 13.8 Å². The maximum atomic E-state index is 13.3. The monoisotopic (exact) mass is 419 g/mol. The third kappa shape index (κ3) is 4.61. The van der Waals surface area contributed by atoms with Crippen LogP contribution in [-0.4, -0.2) is 67.9 Å². The summed E-state index contributed by atoms with van der Waals surface area (Å²) in [5.74, 6) is -0.117. The first-order valence-electron chi connectivity index (χ1n) is 10.2. The molecule has 3 aromatic rings. The predicted octanol–water partition coefficient (Wildman–Crippen LogP) is 1.70. The van der Waals surface area contributed by atoms with Crippen LogP contribution in [0.4, 0.5) is 5.69 Å². The van der Waals surface area contributed by atoms with Crippen molar-refractivity contribution in [2.75, 3.05) is 31.2 Å². The van der Waals surface area contributed by atoms with Crippen molar-refractivity contribution in [1.29, 1.82) is 0 Å². The third-order valence-corrected chi connectivity index (χ3v) is 5.31. The van der Waals surface area contributed by atoms with E-state index >= 15 is 0 Å². The number of benzene rings is 1. The number of carbonyl (C=O) groups excluding carboxylic acids is 2. The normalized spacial score (nSPS) is 14.5. The highest BCUT2D eigenvalue weighted by molar-refractivity contribution is 6.05. The molecule has 4 rings (SSSR count). The zero-order valence-corrected chi connectivity index (χ0v) is 17.7. The number of amides is 2. The van der Waals surface area contributed by atoms with Crippen LogP contribution in [0.15, 0.2) is 54.9 Å². The fourth-order valence-corrected chi connectivity index (χ4v) is 3.73. The first-order chi connectivity index (χ1) is 15.0. The van der Waals surface area contributed by atoms with Gasteiger partial charge in [0, 0.05) is 37.4 Å². The molecule has 1 fully saturated rings. The zero-order chi connectivity index (χ0) is 21.8. The van der Waals surface area contributed by atoms with Gasteiger partial charge in [-0.15, -0.1) is 0 Å². The average Bonchev–Trinajstić information content (AvgIpc) is 3.12. The van der Waals surface area contributed by atoms with E-state index in [0.29, 0.717) is 37.4 Å². The number of rotatable bonds is 5. The van der Waals surface area contributed by atoms with Gasteiger partial charge < -0.3 is 4.90 Å². The average molecular weight is 419 g/mol. The Morgan fingerprint density at radius 2 is 1.74 bits per heavy atom. The molecular weight excluding hydrogens is 394 g/mol. The van der Waals surface area contributed by atoms with Crippen LogP contribution in [0.25, 0.3) is 0 Å². The standard InChI is InChI=1S/C22H25N7O2/c1-17-14-18(2)28(25-17)16-21(30)26-10-12-27(13-11-26)29(20-8-9-23-24-15-20)22(31)19-6-4-3-5-7-19/h3-9,14-15H,10-13,16H2,1-2H3. The number of aryl methyl sites for hydroxylation is 2. The van der Waals surface area contributed by atoms with Crippen LogP contribution in [-0.2, 0) is 11.3 Å². The predicted molar refractivity (Wildman–Crippen MR) is 115 cm³/mol. The molecule has 31 heavy (non-hydrogen) atoms. The molecule has 160 valence electrons. The molecule has 3 heterocycles. The molecule has 0 N–H and O–H groups in total. The van der Waals surface area contributed by atoms with Gasteiger partial charge in [0.05, 0.1) is 23.8 Å². The van der Waals surface area contributed by atoms with Crippen molar-refractivity contribution in [3.63, 3.8) is 0 Å². The highest BCUT2D eigenvalue weighted by atomic mass is 16.2. The van der Waals surface area contributed by atoms with Gasteiger partial charge in [-0.05, 0) is 38.1 Å². The van der Waals surface area contributed by atoms with Gasteiger partial charge in [-0.2, -0.15) is 15.3 Å². The summed E-state index contributed by atoms with van der Waals surface area (Å²) < 4.78 is 1.73. The van der Waals surface area contributed by atoms with Crippen molar-refractivity contribution < 1.29 is 9.59 Å². The van der Waals surface area contributed by atoms with Gasteiger partial charge in [0.15, 0.2) is 0 Å². The van der Waals surface area contributed by atoms with E-state index in [2.05, 4.69) is 15.3 Å². The number of aromatic nitrogens is 4. The third-order valence-electron chi connectivity index (χ3n) is 5.31. The van der Waals surface area contributed by atoms with Crippen LogP contribution in [0.3, 0.4) is 0 Å². The van der Waals surface area contributed by atoms with Crippen molar-refractivity contribution in [1.82, 2.24) is 29.9 Å². The first-order valence-corrected chi connectivity index (χ1v) is 10.2. The van der Waals surface area contributed by atoms with Gasteiger partial charge in [-0.3, -0.25) is 14.3 Å². The Morgan fingerprint density at radius 1 is 1.00 bits per heavy atom. The van der Waals surface area contributed by atoms with Crippen LogP contribution >= 0.6 is 0 Å².